The second-order valence-electron chi connectivity index (χ2n) is 7.02. The van der Waals surface area contributed by atoms with Gasteiger partial charge in [0.15, 0.2) is 0 Å². The number of hydrogen-bond acceptors (Lipinski definition) is 3. The van der Waals surface area contributed by atoms with E-state index in [1.54, 1.807) is 0 Å². The second-order valence-corrected chi connectivity index (χ2v) is 7.02. The van der Waals surface area contributed by atoms with Gasteiger partial charge in [-0.2, -0.15) is 0 Å². The van der Waals surface area contributed by atoms with E-state index in [-0.39, 0.29) is 0 Å². The summed E-state index contributed by atoms with van der Waals surface area (Å²) in [6.07, 6.45) is 1.85. The van der Waals surface area contributed by atoms with E-state index in [0.717, 1.165) is 50.1 Å². The van der Waals surface area contributed by atoms with Gasteiger partial charge in [0.2, 0.25) is 0 Å². The van der Waals surface area contributed by atoms with Gasteiger partial charge in [-0.05, 0) is 36.2 Å². The van der Waals surface area contributed by atoms with Crippen molar-refractivity contribution in [2.75, 3.05) is 0 Å². The average Bonchev–Trinajstić information content (AvgIpc) is 3.19. The molecule has 0 atom stereocenters. The maximum atomic E-state index is 5.95. The molecule has 0 saturated heterocycles. The Labute approximate surface area is 151 Å². The SMILES string of the molecule is CC(C)c1nccc2nc(-c3ccc4oc5ccccc5c4c3)n(C)c12. The Balaban J connectivity index is 1.78. The molecule has 3 aromatic heterocycles. The first-order valence-electron chi connectivity index (χ1n) is 8.86. The maximum Gasteiger partial charge on any atom is 0.140 e. The highest BCUT2D eigenvalue weighted by Crippen LogP contribution is 2.33. The fourth-order valence-corrected chi connectivity index (χ4v) is 3.73. The molecule has 0 aliphatic heterocycles. The van der Waals surface area contributed by atoms with Crippen LogP contribution in [-0.2, 0) is 7.05 Å². The molecule has 4 nitrogen and oxygen atoms in total. The van der Waals surface area contributed by atoms with Gasteiger partial charge >= 0.3 is 0 Å². The first-order chi connectivity index (χ1) is 12.6. The molecule has 0 fully saturated rings. The van der Waals surface area contributed by atoms with Gasteiger partial charge in [-0.15, -0.1) is 0 Å². The fraction of sp³-hybridized carbons (Fsp3) is 0.182. The molecule has 0 aliphatic carbocycles. The highest BCUT2D eigenvalue weighted by molar-refractivity contribution is 6.06. The van der Waals surface area contributed by atoms with Crippen LogP contribution >= 0.6 is 0 Å². The lowest BCUT2D eigenvalue weighted by Crippen LogP contribution is -1.99. The van der Waals surface area contributed by atoms with E-state index in [1.165, 1.54) is 0 Å². The summed E-state index contributed by atoms with van der Waals surface area (Å²) in [7, 11) is 2.07. The number of aryl methyl sites for hydroxylation is 1. The van der Waals surface area contributed by atoms with Crippen molar-refractivity contribution in [1.82, 2.24) is 14.5 Å². The summed E-state index contributed by atoms with van der Waals surface area (Å²) < 4.78 is 8.10. The Morgan fingerprint density at radius 1 is 0.962 bits per heavy atom. The van der Waals surface area contributed by atoms with E-state index in [4.69, 9.17) is 9.40 Å². The molecule has 0 bridgehead atoms. The number of imidazole rings is 1. The normalized spacial score (nSPS) is 12.0. The molecule has 0 spiro atoms. The Kier molecular flexibility index (Phi) is 3.16. The van der Waals surface area contributed by atoms with Crippen molar-refractivity contribution in [3.63, 3.8) is 0 Å². The van der Waals surface area contributed by atoms with Gasteiger partial charge in [0.05, 0.1) is 16.7 Å². The monoisotopic (exact) mass is 341 g/mol. The summed E-state index contributed by atoms with van der Waals surface area (Å²) in [5.41, 5.74) is 6.07. The zero-order valence-electron chi connectivity index (χ0n) is 15.0. The van der Waals surface area contributed by atoms with Crippen molar-refractivity contribution < 1.29 is 4.42 Å². The van der Waals surface area contributed by atoms with Crippen molar-refractivity contribution in [1.29, 1.82) is 0 Å². The molecule has 0 radical (unpaired) electrons. The molecule has 3 heterocycles. The highest BCUT2D eigenvalue weighted by atomic mass is 16.3. The maximum absolute atomic E-state index is 5.95. The van der Waals surface area contributed by atoms with E-state index < -0.39 is 0 Å². The van der Waals surface area contributed by atoms with E-state index in [0.29, 0.717) is 5.92 Å². The molecule has 0 aliphatic rings. The van der Waals surface area contributed by atoms with Crippen LogP contribution < -0.4 is 0 Å². The third-order valence-corrected chi connectivity index (χ3v) is 4.99. The van der Waals surface area contributed by atoms with Gasteiger partial charge in [0.25, 0.3) is 0 Å². The zero-order valence-corrected chi connectivity index (χ0v) is 15.0. The van der Waals surface area contributed by atoms with Crippen molar-refractivity contribution in [3.05, 3.63) is 60.4 Å². The quantitative estimate of drug-likeness (QED) is 0.416. The van der Waals surface area contributed by atoms with Gasteiger partial charge in [0, 0.05) is 29.6 Å². The van der Waals surface area contributed by atoms with E-state index in [2.05, 4.69) is 48.6 Å². The van der Waals surface area contributed by atoms with Crippen LogP contribution in [0.1, 0.15) is 25.5 Å². The first kappa shape index (κ1) is 15.1. The highest BCUT2D eigenvalue weighted by Gasteiger charge is 2.17. The number of rotatable bonds is 2. The number of aromatic nitrogens is 3. The molecule has 5 aromatic rings. The molecule has 5 rings (SSSR count). The number of nitrogens with zero attached hydrogens (tertiary/aromatic N) is 3. The lowest BCUT2D eigenvalue weighted by molar-refractivity contribution is 0.669. The lowest BCUT2D eigenvalue weighted by Gasteiger charge is -2.08. The van der Waals surface area contributed by atoms with Crippen LogP contribution in [-0.4, -0.2) is 14.5 Å². The van der Waals surface area contributed by atoms with Crippen LogP contribution in [0.5, 0.6) is 0 Å². The van der Waals surface area contributed by atoms with E-state index in [1.807, 2.05) is 36.5 Å². The minimum atomic E-state index is 0.349. The third-order valence-electron chi connectivity index (χ3n) is 4.99. The summed E-state index contributed by atoms with van der Waals surface area (Å²) in [5, 5.41) is 2.25. The Morgan fingerprint density at radius 2 is 1.77 bits per heavy atom. The number of furan rings is 1. The van der Waals surface area contributed by atoms with Gasteiger partial charge < -0.3 is 8.98 Å². The Hall–Kier alpha value is -3.14. The zero-order chi connectivity index (χ0) is 17.8. The topological polar surface area (TPSA) is 43.9 Å². The smallest absolute Gasteiger partial charge is 0.140 e. The van der Waals surface area contributed by atoms with E-state index in [9.17, 15) is 0 Å². The molecule has 128 valence electrons. The summed E-state index contributed by atoms with van der Waals surface area (Å²) in [6, 6.07) is 16.4. The Bertz CT molecular complexity index is 1280. The molecular weight excluding hydrogens is 322 g/mol. The molecular formula is C22H19N3O. The third kappa shape index (κ3) is 2.08. The van der Waals surface area contributed by atoms with Crippen LogP contribution in [0, 0.1) is 0 Å². The second kappa shape index (κ2) is 5.43. The number of fused-ring (bicyclic) bond motifs is 4. The van der Waals surface area contributed by atoms with Gasteiger partial charge in [-0.3, -0.25) is 4.98 Å². The fourth-order valence-electron chi connectivity index (χ4n) is 3.73. The van der Waals surface area contributed by atoms with Crippen molar-refractivity contribution >= 4 is 33.0 Å². The molecule has 2 aromatic carbocycles. The molecule has 4 heteroatoms. The minimum Gasteiger partial charge on any atom is -0.456 e. The molecule has 0 N–H and O–H groups in total. The molecule has 26 heavy (non-hydrogen) atoms. The lowest BCUT2D eigenvalue weighted by atomic mass is 10.1. The van der Waals surface area contributed by atoms with Crippen molar-refractivity contribution in [2.45, 2.75) is 19.8 Å². The average molecular weight is 341 g/mol. The van der Waals surface area contributed by atoms with Gasteiger partial charge in [0.1, 0.15) is 17.0 Å². The van der Waals surface area contributed by atoms with Crippen LogP contribution in [0.2, 0.25) is 0 Å². The van der Waals surface area contributed by atoms with Crippen LogP contribution in [0.15, 0.2) is 59.1 Å². The minimum absolute atomic E-state index is 0.349. The number of benzene rings is 2. The predicted octanol–water partition coefficient (Wildman–Crippen LogP) is 5.66. The standard InChI is InChI=1S/C22H19N3O/c1-13(2)20-21-17(10-11-23-20)24-22(25(21)3)14-8-9-19-16(12-14)15-6-4-5-7-18(15)26-19/h4-13H,1-3H3. The van der Waals surface area contributed by atoms with Crippen LogP contribution in [0.25, 0.3) is 44.4 Å². The molecule has 0 saturated carbocycles. The summed E-state index contributed by atoms with van der Waals surface area (Å²) >= 11 is 0. The number of pyridine rings is 1. The van der Waals surface area contributed by atoms with Crippen molar-refractivity contribution in [3.8, 4) is 11.4 Å². The summed E-state index contributed by atoms with van der Waals surface area (Å²) in [4.78, 5) is 9.47. The van der Waals surface area contributed by atoms with Crippen LogP contribution in [0.4, 0.5) is 0 Å². The largest absolute Gasteiger partial charge is 0.456 e. The summed E-state index contributed by atoms with van der Waals surface area (Å²) in [6.45, 7) is 4.33. The van der Waals surface area contributed by atoms with Crippen LogP contribution in [0.3, 0.4) is 0 Å². The molecule has 0 unspecified atom stereocenters. The number of para-hydroxylation sites is 1. The number of hydrogen-bond donors (Lipinski definition) is 0. The Morgan fingerprint density at radius 3 is 2.62 bits per heavy atom. The van der Waals surface area contributed by atoms with Gasteiger partial charge in [-0.1, -0.05) is 32.0 Å². The van der Waals surface area contributed by atoms with Crippen molar-refractivity contribution in [2.24, 2.45) is 7.05 Å². The summed E-state index contributed by atoms with van der Waals surface area (Å²) in [5.74, 6) is 1.30. The first-order valence-corrected chi connectivity index (χ1v) is 8.86. The predicted molar refractivity (Wildman–Crippen MR) is 105 cm³/mol. The molecule has 0 amide bonds. The van der Waals surface area contributed by atoms with Gasteiger partial charge in [-0.25, -0.2) is 4.98 Å². The van der Waals surface area contributed by atoms with E-state index >= 15 is 0 Å².